The zero-order valence-electron chi connectivity index (χ0n) is 12.7. The minimum atomic E-state index is -0.945. The SMILES string of the molecule is CCN1CCC(N(C)C(=O)c2cccn2CC(=O)O)CC1. The number of nitrogens with zero attached hydrogens (tertiary/aromatic N) is 3. The van der Waals surface area contributed by atoms with Crippen LogP contribution in [0.4, 0.5) is 0 Å². The van der Waals surface area contributed by atoms with E-state index in [4.69, 9.17) is 5.11 Å². The predicted molar refractivity (Wildman–Crippen MR) is 79.3 cm³/mol. The summed E-state index contributed by atoms with van der Waals surface area (Å²) in [4.78, 5) is 27.5. The Bertz CT molecular complexity index is 504. The molecule has 6 nitrogen and oxygen atoms in total. The Kier molecular flexibility index (Phi) is 5.01. The molecule has 1 aromatic rings. The average Bonchev–Trinajstić information content (AvgIpc) is 2.93. The molecule has 2 rings (SSSR count). The zero-order valence-corrected chi connectivity index (χ0v) is 12.7. The molecular formula is C15H23N3O3. The van der Waals surface area contributed by atoms with Crippen molar-refractivity contribution in [2.75, 3.05) is 26.7 Å². The molecule has 0 unspecified atom stereocenters. The molecule has 116 valence electrons. The van der Waals surface area contributed by atoms with E-state index >= 15 is 0 Å². The maximum Gasteiger partial charge on any atom is 0.323 e. The first-order valence-corrected chi connectivity index (χ1v) is 7.39. The van der Waals surface area contributed by atoms with Crippen LogP contribution in [-0.2, 0) is 11.3 Å². The van der Waals surface area contributed by atoms with Crippen molar-refractivity contribution < 1.29 is 14.7 Å². The molecule has 21 heavy (non-hydrogen) atoms. The largest absolute Gasteiger partial charge is 0.480 e. The van der Waals surface area contributed by atoms with Crippen LogP contribution in [0.2, 0.25) is 0 Å². The van der Waals surface area contributed by atoms with E-state index in [9.17, 15) is 9.59 Å². The van der Waals surface area contributed by atoms with Gasteiger partial charge in [0.05, 0.1) is 0 Å². The molecule has 1 N–H and O–H groups in total. The van der Waals surface area contributed by atoms with E-state index in [0.29, 0.717) is 5.69 Å². The number of carbonyl (C=O) groups excluding carboxylic acids is 1. The van der Waals surface area contributed by atoms with Crippen LogP contribution in [0, 0.1) is 0 Å². The van der Waals surface area contributed by atoms with Crippen LogP contribution in [0.3, 0.4) is 0 Å². The smallest absolute Gasteiger partial charge is 0.323 e. The lowest BCUT2D eigenvalue weighted by Crippen LogP contribution is -2.45. The van der Waals surface area contributed by atoms with Gasteiger partial charge < -0.3 is 19.5 Å². The molecule has 0 spiro atoms. The van der Waals surface area contributed by atoms with Gasteiger partial charge in [-0.2, -0.15) is 0 Å². The third-order valence-electron chi connectivity index (χ3n) is 4.23. The Balaban J connectivity index is 2.03. The van der Waals surface area contributed by atoms with E-state index in [2.05, 4.69) is 11.8 Å². The van der Waals surface area contributed by atoms with E-state index in [1.165, 1.54) is 4.57 Å². The number of likely N-dealkylation sites (tertiary alicyclic amines) is 1. The predicted octanol–water partition coefficient (Wildman–Crippen LogP) is 1.13. The summed E-state index contributed by atoms with van der Waals surface area (Å²) in [5, 5.41) is 8.88. The number of carboxylic acid groups (broad SMARTS) is 1. The molecule has 6 heteroatoms. The molecule has 1 aliphatic rings. The maximum atomic E-state index is 12.6. The minimum Gasteiger partial charge on any atom is -0.480 e. The van der Waals surface area contributed by atoms with Gasteiger partial charge in [-0.25, -0.2) is 0 Å². The number of aromatic nitrogens is 1. The second-order valence-electron chi connectivity index (χ2n) is 5.50. The quantitative estimate of drug-likeness (QED) is 0.884. The summed E-state index contributed by atoms with van der Waals surface area (Å²) < 4.78 is 1.49. The van der Waals surface area contributed by atoms with Crippen LogP contribution in [0.1, 0.15) is 30.3 Å². The first-order valence-electron chi connectivity index (χ1n) is 7.39. The summed E-state index contributed by atoms with van der Waals surface area (Å²) in [6, 6.07) is 3.63. The van der Waals surface area contributed by atoms with E-state index in [-0.39, 0.29) is 18.5 Å². The highest BCUT2D eigenvalue weighted by Gasteiger charge is 2.26. The molecule has 0 saturated carbocycles. The molecule has 2 heterocycles. The lowest BCUT2D eigenvalue weighted by Gasteiger charge is -2.36. The number of hydrogen-bond donors (Lipinski definition) is 1. The summed E-state index contributed by atoms with van der Waals surface area (Å²) >= 11 is 0. The van der Waals surface area contributed by atoms with Gasteiger partial charge in [0.2, 0.25) is 0 Å². The minimum absolute atomic E-state index is 0.101. The molecule has 1 aromatic heterocycles. The van der Waals surface area contributed by atoms with E-state index < -0.39 is 5.97 Å². The van der Waals surface area contributed by atoms with Gasteiger partial charge in [0.1, 0.15) is 12.2 Å². The summed E-state index contributed by atoms with van der Waals surface area (Å²) in [6.45, 7) is 5.03. The Morgan fingerprint density at radius 3 is 2.62 bits per heavy atom. The van der Waals surface area contributed by atoms with Gasteiger partial charge in [-0.15, -0.1) is 0 Å². The van der Waals surface area contributed by atoms with Crippen molar-refractivity contribution >= 4 is 11.9 Å². The lowest BCUT2D eigenvalue weighted by molar-refractivity contribution is -0.137. The molecule has 0 aromatic carbocycles. The van der Waals surface area contributed by atoms with Gasteiger partial charge in [0, 0.05) is 32.4 Å². The Labute approximate surface area is 124 Å². The summed E-state index contributed by atoms with van der Waals surface area (Å²) in [7, 11) is 1.81. The van der Waals surface area contributed by atoms with Crippen molar-refractivity contribution in [2.24, 2.45) is 0 Å². The molecule has 1 amide bonds. The summed E-state index contributed by atoms with van der Waals surface area (Å²) in [5.74, 6) is -1.05. The van der Waals surface area contributed by atoms with Gasteiger partial charge in [0.15, 0.2) is 0 Å². The van der Waals surface area contributed by atoms with Crippen LogP contribution < -0.4 is 0 Å². The number of hydrogen-bond acceptors (Lipinski definition) is 3. The van der Waals surface area contributed by atoms with Crippen LogP contribution in [0.15, 0.2) is 18.3 Å². The first-order chi connectivity index (χ1) is 10.0. The monoisotopic (exact) mass is 293 g/mol. The molecule has 0 atom stereocenters. The molecule has 0 aliphatic carbocycles. The van der Waals surface area contributed by atoms with Crippen molar-refractivity contribution in [1.82, 2.24) is 14.4 Å². The molecule has 1 fully saturated rings. The number of rotatable bonds is 5. The second kappa shape index (κ2) is 6.76. The van der Waals surface area contributed by atoms with Crippen molar-refractivity contribution in [3.05, 3.63) is 24.0 Å². The van der Waals surface area contributed by atoms with E-state index in [1.54, 1.807) is 23.2 Å². The second-order valence-corrected chi connectivity index (χ2v) is 5.50. The molecule has 1 aliphatic heterocycles. The number of carbonyl (C=O) groups is 2. The van der Waals surface area contributed by atoms with Gasteiger partial charge in [-0.1, -0.05) is 6.92 Å². The normalized spacial score (nSPS) is 16.9. The highest BCUT2D eigenvalue weighted by Crippen LogP contribution is 2.17. The molecule has 1 saturated heterocycles. The fraction of sp³-hybridized carbons (Fsp3) is 0.600. The maximum absolute atomic E-state index is 12.6. The average molecular weight is 293 g/mol. The van der Waals surface area contributed by atoms with Crippen LogP contribution in [0.5, 0.6) is 0 Å². The van der Waals surface area contributed by atoms with Crippen molar-refractivity contribution in [3.63, 3.8) is 0 Å². The Morgan fingerprint density at radius 1 is 1.38 bits per heavy atom. The Hall–Kier alpha value is -1.82. The van der Waals surface area contributed by atoms with Gasteiger partial charge >= 0.3 is 5.97 Å². The number of piperidine rings is 1. The van der Waals surface area contributed by atoms with Gasteiger partial charge in [-0.3, -0.25) is 9.59 Å². The van der Waals surface area contributed by atoms with Crippen LogP contribution in [-0.4, -0.2) is 64.1 Å². The molecular weight excluding hydrogens is 270 g/mol. The van der Waals surface area contributed by atoms with E-state index in [0.717, 1.165) is 32.5 Å². The van der Waals surface area contributed by atoms with Crippen molar-refractivity contribution in [1.29, 1.82) is 0 Å². The molecule has 0 bridgehead atoms. The van der Waals surface area contributed by atoms with Gasteiger partial charge in [-0.05, 0) is 31.5 Å². The standard InChI is InChI=1S/C15H23N3O3/c1-3-17-9-6-12(7-10-17)16(2)15(21)13-5-4-8-18(13)11-14(19)20/h4-5,8,12H,3,6-7,9-11H2,1-2H3,(H,19,20). The fourth-order valence-corrected chi connectivity index (χ4v) is 2.86. The number of aliphatic carboxylic acids is 1. The van der Waals surface area contributed by atoms with Crippen molar-refractivity contribution in [3.8, 4) is 0 Å². The van der Waals surface area contributed by atoms with E-state index in [1.807, 2.05) is 7.05 Å². The summed E-state index contributed by atoms with van der Waals surface area (Å²) in [6.07, 6.45) is 3.57. The Morgan fingerprint density at radius 2 is 2.05 bits per heavy atom. The fourth-order valence-electron chi connectivity index (χ4n) is 2.86. The number of carboxylic acids is 1. The zero-order chi connectivity index (χ0) is 15.4. The van der Waals surface area contributed by atoms with Crippen LogP contribution >= 0.6 is 0 Å². The van der Waals surface area contributed by atoms with Crippen molar-refractivity contribution in [2.45, 2.75) is 32.4 Å². The summed E-state index contributed by atoms with van der Waals surface area (Å²) in [5.41, 5.74) is 0.442. The highest BCUT2D eigenvalue weighted by molar-refractivity contribution is 5.93. The third kappa shape index (κ3) is 3.64. The third-order valence-corrected chi connectivity index (χ3v) is 4.23. The number of amides is 1. The van der Waals surface area contributed by atoms with Crippen LogP contribution in [0.25, 0.3) is 0 Å². The topological polar surface area (TPSA) is 65.8 Å². The highest BCUT2D eigenvalue weighted by atomic mass is 16.4. The molecule has 0 radical (unpaired) electrons. The van der Waals surface area contributed by atoms with Gasteiger partial charge in [0.25, 0.3) is 5.91 Å². The first kappa shape index (κ1) is 15.6. The lowest BCUT2D eigenvalue weighted by atomic mass is 10.0.